The Kier molecular flexibility index (Phi) is 4.15. The summed E-state index contributed by atoms with van der Waals surface area (Å²) in [6, 6.07) is 9.66. The van der Waals surface area contributed by atoms with Crippen LogP contribution in [0, 0.1) is 12.8 Å². The number of nitrogens with zero attached hydrogens (tertiary/aromatic N) is 2. The van der Waals surface area contributed by atoms with Crippen LogP contribution in [-0.4, -0.2) is 34.3 Å². The van der Waals surface area contributed by atoms with E-state index in [-0.39, 0.29) is 17.9 Å². The van der Waals surface area contributed by atoms with E-state index in [9.17, 15) is 9.59 Å². The number of fused-ring (bicyclic) bond motifs is 1. The van der Waals surface area contributed by atoms with Crippen molar-refractivity contribution in [1.82, 2.24) is 10.1 Å². The van der Waals surface area contributed by atoms with Crippen LogP contribution in [0.4, 0.5) is 0 Å². The predicted octanol–water partition coefficient (Wildman–Crippen LogP) is 3.62. The maximum atomic E-state index is 13.0. The molecule has 2 aromatic rings. The third-order valence-corrected chi connectivity index (χ3v) is 5.47. The number of amides is 1. The Morgan fingerprint density at radius 2 is 1.96 bits per heavy atom. The molecule has 0 spiro atoms. The Balaban J connectivity index is 1.56. The molecule has 1 aromatic carbocycles. The van der Waals surface area contributed by atoms with E-state index in [1.807, 2.05) is 36.1 Å². The highest BCUT2D eigenvalue weighted by Gasteiger charge is 2.41. The minimum absolute atomic E-state index is 0.00919. The molecule has 5 heteroatoms. The van der Waals surface area contributed by atoms with Gasteiger partial charge in [-0.2, -0.15) is 0 Å². The number of aryl methyl sites for hydroxylation is 1. The van der Waals surface area contributed by atoms with Crippen molar-refractivity contribution < 1.29 is 14.1 Å². The number of hydrogen-bond acceptors (Lipinski definition) is 4. The zero-order valence-corrected chi connectivity index (χ0v) is 14.4. The largest absolute Gasteiger partial charge is 0.355 e. The Bertz CT molecular complexity index is 794. The summed E-state index contributed by atoms with van der Waals surface area (Å²) in [5.74, 6) is 0.798. The first kappa shape index (κ1) is 16.1. The van der Waals surface area contributed by atoms with Crippen molar-refractivity contribution in [3.8, 4) is 11.3 Å². The fraction of sp³-hybridized carbons (Fsp3) is 0.450. The number of aromatic nitrogens is 1. The van der Waals surface area contributed by atoms with Crippen LogP contribution in [0.25, 0.3) is 11.3 Å². The lowest BCUT2D eigenvalue weighted by Crippen LogP contribution is -2.53. The van der Waals surface area contributed by atoms with Gasteiger partial charge in [0.1, 0.15) is 5.78 Å². The normalized spacial score (nSPS) is 23.4. The summed E-state index contributed by atoms with van der Waals surface area (Å²) in [4.78, 5) is 27.0. The molecule has 0 bridgehead atoms. The van der Waals surface area contributed by atoms with E-state index in [0.29, 0.717) is 30.2 Å². The van der Waals surface area contributed by atoms with Gasteiger partial charge in [-0.15, -0.1) is 0 Å². The van der Waals surface area contributed by atoms with Crippen molar-refractivity contribution in [3.63, 3.8) is 0 Å². The first-order chi connectivity index (χ1) is 12.1. The van der Waals surface area contributed by atoms with Crippen molar-refractivity contribution >= 4 is 11.7 Å². The fourth-order valence-corrected chi connectivity index (χ4v) is 4.07. The van der Waals surface area contributed by atoms with Crippen LogP contribution < -0.4 is 0 Å². The monoisotopic (exact) mass is 338 g/mol. The molecular weight excluding hydrogens is 316 g/mol. The molecule has 25 heavy (non-hydrogen) atoms. The van der Waals surface area contributed by atoms with Gasteiger partial charge in [-0.1, -0.05) is 47.8 Å². The van der Waals surface area contributed by atoms with Gasteiger partial charge in [-0.25, -0.2) is 0 Å². The second-order valence-corrected chi connectivity index (χ2v) is 7.12. The predicted molar refractivity (Wildman–Crippen MR) is 93.1 cm³/mol. The lowest BCUT2D eigenvalue weighted by Gasteiger charge is -2.42. The van der Waals surface area contributed by atoms with Crippen LogP contribution in [0.15, 0.2) is 34.9 Å². The van der Waals surface area contributed by atoms with E-state index < -0.39 is 0 Å². The number of hydrogen-bond donors (Lipinski definition) is 0. The first-order valence-electron chi connectivity index (χ1n) is 9.01. The molecule has 1 amide bonds. The number of rotatable bonds is 2. The maximum Gasteiger partial charge on any atom is 0.276 e. The minimum Gasteiger partial charge on any atom is -0.355 e. The van der Waals surface area contributed by atoms with Gasteiger partial charge in [0.2, 0.25) is 0 Å². The van der Waals surface area contributed by atoms with Gasteiger partial charge >= 0.3 is 0 Å². The van der Waals surface area contributed by atoms with Gasteiger partial charge < -0.3 is 9.42 Å². The molecule has 130 valence electrons. The zero-order valence-electron chi connectivity index (χ0n) is 14.4. The molecule has 5 nitrogen and oxygen atoms in total. The van der Waals surface area contributed by atoms with Gasteiger partial charge in [-0.3, -0.25) is 9.59 Å². The van der Waals surface area contributed by atoms with Crippen LogP contribution in [0.5, 0.6) is 0 Å². The van der Waals surface area contributed by atoms with Gasteiger partial charge in [0.15, 0.2) is 11.5 Å². The van der Waals surface area contributed by atoms with Crippen molar-refractivity contribution in [2.24, 2.45) is 5.92 Å². The van der Waals surface area contributed by atoms with Crippen LogP contribution in [-0.2, 0) is 4.79 Å². The molecule has 2 aliphatic rings. The number of ketones is 1. The molecular formula is C20H22N2O3. The van der Waals surface area contributed by atoms with Gasteiger partial charge in [-0.05, 0) is 19.8 Å². The lowest BCUT2D eigenvalue weighted by molar-refractivity contribution is -0.129. The third-order valence-electron chi connectivity index (χ3n) is 5.47. The van der Waals surface area contributed by atoms with Crippen LogP contribution in [0.3, 0.4) is 0 Å². The Morgan fingerprint density at radius 1 is 1.20 bits per heavy atom. The van der Waals surface area contributed by atoms with Gasteiger partial charge in [0.05, 0.1) is 0 Å². The highest BCUT2D eigenvalue weighted by Crippen LogP contribution is 2.34. The molecule has 0 N–H and O–H groups in total. The second-order valence-electron chi connectivity index (χ2n) is 7.12. The van der Waals surface area contributed by atoms with Crippen LogP contribution in [0.2, 0.25) is 0 Å². The quantitative estimate of drug-likeness (QED) is 0.839. The zero-order chi connectivity index (χ0) is 17.4. The van der Waals surface area contributed by atoms with Crippen LogP contribution in [0.1, 0.15) is 48.2 Å². The number of benzene rings is 1. The minimum atomic E-state index is -0.119. The highest BCUT2D eigenvalue weighted by molar-refractivity contribution is 5.95. The summed E-state index contributed by atoms with van der Waals surface area (Å²) in [7, 11) is 0. The van der Waals surface area contributed by atoms with Crippen molar-refractivity contribution in [2.45, 2.75) is 45.1 Å². The fourth-order valence-electron chi connectivity index (χ4n) is 4.07. The smallest absolute Gasteiger partial charge is 0.276 e. The summed E-state index contributed by atoms with van der Waals surface area (Å²) < 4.78 is 5.40. The summed E-state index contributed by atoms with van der Waals surface area (Å²) >= 11 is 0. The third kappa shape index (κ3) is 2.99. The number of likely N-dealkylation sites (tertiary alicyclic amines) is 1. The van der Waals surface area contributed by atoms with E-state index >= 15 is 0 Å². The first-order valence-corrected chi connectivity index (χ1v) is 9.01. The topological polar surface area (TPSA) is 63.4 Å². The summed E-state index contributed by atoms with van der Waals surface area (Å²) in [5, 5.41) is 4.00. The Labute approximate surface area is 147 Å². The molecule has 1 aliphatic heterocycles. The molecule has 2 fully saturated rings. The van der Waals surface area contributed by atoms with E-state index in [1.165, 1.54) is 5.56 Å². The molecule has 2 heterocycles. The molecule has 1 saturated carbocycles. The second kappa shape index (κ2) is 6.47. The maximum absolute atomic E-state index is 13.0. The Hall–Kier alpha value is -2.43. The average Bonchev–Trinajstić information content (AvgIpc) is 3.12. The number of carbonyl (C=O) groups excluding carboxylic acids is 2. The Morgan fingerprint density at radius 3 is 2.76 bits per heavy atom. The molecule has 1 aromatic heterocycles. The average molecular weight is 338 g/mol. The molecule has 4 rings (SSSR count). The lowest BCUT2D eigenvalue weighted by atomic mass is 9.77. The standard InChI is InChI=1S/C20H22N2O3/c1-13-6-8-14(9-7-13)19-12-16(21-25-19)20(24)22-11-10-18(23)15-4-2-3-5-17(15)22/h6-9,12,15,17H,2-5,10-11H2,1H3/t15-,17+/m1/s1. The molecule has 0 radical (unpaired) electrons. The SMILES string of the molecule is Cc1ccc(-c2cc(C(=O)N3CCC(=O)[C@@H]4CCCC[C@@H]43)no2)cc1. The van der Waals surface area contributed by atoms with E-state index in [1.54, 1.807) is 6.07 Å². The van der Waals surface area contributed by atoms with Crippen LogP contribution >= 0.6 is 0 Å². The van der Waals surface area contributed by atoms with Crippen molar-refractivity contribution in [1.29, 1.82) is 0 Å². The molecule has 0 unspecified atom stereocenters. The van der Waals surface area contributed by atoms with Gasteiger partial charge in [0.25, 0.3) is 5.91 Å². The summed E-state index contributed by atoms with van der Waals surface area (Å²) in [6.45, 7) is 2.52. The van der Waals surface area contributed by atoms with E-state index in [2.05, 4.69) is 5.16 Å². The number of piperidine rings is 1. The molecule has 1 aliphatic carbocycles. The molecule has 1 saturated heterocycles. The van der Waals surface area contributed by atoms with Gasteiger partial charge in [0, 0.05) is 36.6 Å². The van der Waals surface area contributed by atoms with E-state index in [4.69, 9.17) is 4.52 Å². The number of Topliss-reactive ketones (excluding diaryl/α,β-unsaturated/α-hetero) is 1. The summed E-state index contributed by atoms with van der Waals surface area (Å²) in [5.41, 5.74) is 2.40. The van der Waals surface area contributed by atoms with E-state index in [0.717, 1.165) is 31.2 Å². The summed E-state index contributed by atoms with van der Waals surface area (Å²) in [6.07, 6.45) is 4.42. The van der Waals surface area contributed by atoms with Crippen molar-refractivity contribution in [3.05, 3.63) is 41.6 Å². The highest BCUT2D eigenvalue weighted by atomic mass is 16.5. The molecule has 2 atom stereocenters. The van der Waals surface area contributed by atoms with Crippen molar-refractivity contribution in [2.75, 3.05) is 6.54 Å². The number of carbonyl (C=O) groups is 2.